The summed E-state index contributed by atoms with van der Waals surface area (Å²) in [7, 11) is -3.35. The zero-order valence-electron chi connectivity index (χ0n) is 21.7. The van der Waals surface area contributed by atoms with Crippen LogP contribution in [0.5, 0.6) is 0 Å². The second kappa shape index (κ2) is 8.72. The molecule has 0 radical (unpaired) electrons. The molecule has 5 rings (SSSR count). The first-order valence-electron chi connectivity index (χ1n) is 12.6. The van der Waals surface area contributed by atoms with E-state index in [2.05, 4.69) is 37.6 Å². The highest BCUT2D eigenvalue weighted by molar-refractivity contribution is 7.90. The first-order valence-corrected chi connectivity index (χ1v) is 14.5. The first-order chi connectivity index (χ1) is 17.4. The van der Waals surface area contributed by atoms with Crippen LogP contribution in [0.4, 0.5) is 10.1 Å². The molecule has 2 aromatic carbocycles. The van der Waals surface area contributed by atoms with Crippen molar-refractivity contribution in [1.29, 1.82) is 0 Å². The van der Waals surface area contributed by atoms with Crippen molar-refractivity contribution in [1.82, 2.24) is 0 Å². The van der Waals surface area contributed by atoms with E-state index in [1.54, 1.807) is 41.3 Å². The van der Waals surface area contributed by atoms with Gasteiger partial charge < -0.3 is 4.90 Å². The van der Waals surface area contributed by atoms with Crippen molar-refractivity contribution in [3.63, 3.8) is 0 Å². The molecule has 2 aromatic rings. The zero-order valence-corrected chi connectivity index (χ0v) is 22.5. The molecule has 3 atom stereocenters. The van der Waals surface area contributed by atoms with E-state index >= 15 is 0 Å². The van der Waals surface area contributed by atoms with E-state index in [1.807, 2.05) is 6.08 Å². The molecule has 8 heteroatoms. The molecule has 1 fully saturated rings. The Bertz CT molecular complexity index is 1480. The third-order valence-corrected chi connectivity index (χ3v) is 9.93. The SMILES string of the molecule is C=C1N=N/C(c2ccccc2F)=C\C(C)[C@H]2CCC1(C(=O)N1CCc3cc(S(C)(=O)=O)ccc31)C2(C)C. The molecular formula is C29H32FN3O3S. The average Bonchev–Trinajstić information content (AvgIpc) is 3.39. The van der Waals surface area contributed by atoms with Crippen LogP contribution in [-0.2, 0) is 21.1 Å². The second-order valence-corrected chi connectivity index (χ2v) is 13.1. The number of amides is 1. The monoisotopic (exact) mass is 521 g/mol. The van der Waals surface area contributed by atoms with Gasteiger partial charge in [-0.1, -0.05) is 45.6 Å². The summed E-state index contributed by atoms with van der Waals surface area (Å²) < 4.78 is 38.8. The molecule has 2 aliphatic heterocycles. The molecular weight excluding hydrogens is 489 g/mol. The van der Waals surface area contributed by atoms with Crippen molar-refractivity contribution in [3.05, 3.63) is 77.8 Å². The minimum absolute atomic E-state index is 0.0207. The molecule has 1 saturated carbocycles. The Morgan fingerprint density at radius 1 is 1.16 bits per heavy atom. The van der Waals surface area contributed by atoms with E-state index in [1.165, 1.54) is 12.3 Å². The van der Waals surface area contributed by atoms with Crippen LogP contribution in [0.15, 0.2) is 75.9 Å². The van der Waals surface area contributed by atoms with Crippen molar-refractivity contribution in [2.75, 3.05) is 17.7 Å². The summed E-state index contributed by atoms with van der Waals surface area (Å²) in [5, 5.41) is 8.92. The minimum atomic E-state index is -3.35. The number of carbonyl (C=O) groups is 1. The molecule has 3 aliphatic rings. The summed E-state index contributed by atoms with van der Waals surface area (Å²) in [5.74, 6) is -0.320. The topological polar surface area (TPSA) is 79.2 Å². The number of hydrogen-bond donors (Lipinski definition) is 0. The smallest absolute Gasteiger partial charge is 0.239 e. The molecule has 2 heterocycles. The van der Waals surface area contributed by atoms with Crippen LogP contribution in [0, 0.1) is 28.5 Å². The van der Waals surface area contributed by atoms with Crippen molar-refractivity contribution in [2.45, 2.75) is 44.9 Å². The molecule has 0 saturated heterocycles. The highest BCUT2D eigenvalue weighted by Crippen LogP contribution is 2.63. The summed E-state index contributed by atoms with van der Waals surface area (Å²) in [5.41, 5.74) is 1.26. The number of nitrogens with zero attached hydrogens (tertiary/aromatic N) is 3. The minimum Gasteiger partial charge on any atom is -0.311 e. The maximum atomic E-state index is 14.7. The van der Waals surface area contributed by atoms with E-state index in [4.69, 9.17) is 0 Å². The van der Waals surface area contributed by atoms with Crippen LogP contribution < -0.4 is 4.90 Å². The number of benzene rings is 2. The number of carbonyl (C=O) groups excluding carboxylic acids is 1. The largest absolute Gasteiger partial charge is 0.311 e. The fourth-order valence-corrected chi connectivity index (χ4v) is 7.45. The lowest BCUT2D eigenvalue weighted by molar-refractivity contribution is -0.131. The lowest BCUT2D eigenvalue weighted by Crippen LogP contribution is -2.51. The predicted octanol–water partition coefficient (Wildman–Crippen LogP) is 6.20. The van der Waals surface area contributed by atoms with Crippen molar-refractivity contribution in [2.24, 2.45) is 32.9 Å². The van der Waals surface area contributed by atoms with Gasteiger partial charge in [-0.25, -0.2) is 12.8 Å². The molecule has 6 nitrogen and oxygen atoms in total. The predicted molar refractivity (Wildman–Crippen MR) is 142 cm³/mol. The maximum Gasteiger partial charge on any atom is 0.239 e. The summed E-state index contributed by atoms with van der Waals surface area (Å²) in [4.78, 5) is 16.5. The van der Waals surface area contributed by atoms with Crippen LogP contribution in [0.1, 0.15) is 44.7 Å². The van der Waals surface area contributed by atoms with Gasteiger partial charge in [0.05, 0.1) is 21.7 Å². The Labute approximate surface area is 217 Å². The molecule has 1 aliphatic carbocycles. The zero-order chi connectivity index (χ0) is 26.8. The second-order valence-electron chi connectivity index (χ2n) is 11.1. The summed E-state index contributed by atoms with van der Waals surface area (Å²) in [6.45, 7) is 11.0. The fraction of sp³-hybridized carbons (Fsp3) is 0.414. The molecule has 1 amide bonds. The van der Waals surface area contributed by atoms with Gasteiger partial charge in [-0.05, 0) is 72.4 Å². The molecule has 37 heavy (non-hydrogen) atoms. The summed E-state index contributed by atoms with van der Waals surface area (Å²) in [6.07, 6.45) is 5.11. The standard InChI is InChI=1S/C29H32FN3O3S/c1-18-16-25(22-8-6-7-9-24(22)30)32-31-19(2)29(14-12-23(18)28(29,3)4)27(34)33-15-13-20-17-21(37(5,35)36)10-11-26(20)33/h6-11,16-18,23H,2,12-15H2,1,3-5H3/b25-16-,32-31?/t18?,23-,29?/m1/s1. The van der Waals surface area contributed by atoms with Crippen molar-refractivity contribution >= 4 is 27.1 Å². The molecule has 194 valence electrons. The Kier molecular flexibility index (Phi) is 6.01. The maximum absolute atomic E-state index is 14.7. The van der Waals surface area contributed by atoms with E-state index in [9.17, 15) is 17.6 Å². The van der Waals surface area contributed by atoms with Gasteiger partial charge in [0, 0.05) is 24.1 Å². The number of azo groups is 1. The highest BCUT2D eigenvalue weighted by atomic mass is 32.2. The van der Waals surface area contributed by atoms with E-state index in [-0.39, 0.29) is 28.5 Å². The number of sulfone groups is 1. The fourth-order valence-electron chi connectivity index (χ4n) is 6.77. The summed E-state index contributed by atoms with van der Waals surface area (Å²) >= 11 is 0. The third kappa shape index (κ3) is 3.88. The van der Waals surface area contributed by atoms with Gasteiger partial charge in [-0.2, -0.15) is 10.2 Å². The van der Waals surface area contributed by atoms with Crippen LogP contribution in [0.25, 0.3) is 5.70 Å². The lowest BCUT2D eigenvalue weighted by Gasteiger charge is -2.45. The van der Waals surface area contributed by atoms with Gasteiger partial charge in [0.1, 0.15) is 5.82 Å². The van der Waals surface area contributed by atoms with Crippen molar-refractivity contribution in [3.8, 4) is 0 Å². The number of hydrogen-bond acceptors (Lipinski definition) is 5. The van der Waals surface area contributed by atoms with Gasteiger partial charge in [-0.15, -0.1) is 0 Å². The number of fused-ring (bicyclic) bond motifs is 3. The quantitative estimate of drug-likeness (QED) is 0.483. The Morgan fingerprint density at radius 3 is 2.59 bits per heavy atom. The summed E-state index contributed by atoms with van der Waals surface area (Å²) in [6, 6.07) is 11.4. The van der Waals surface area contributed by atoms with Gasteiger partial charge in [0.2, 0.25) is 5.91 Å². The van der Waals surface area contributed by atoms with Crippen LogP contribution in [-0.4, -0.2) is 27.1 Å². The molecule has 0 spiro atoms. The normalized spacial score (nSPS) is 28.2. The van der Waals surface area contributed by atoms with E-state index in [0.717, 1.165) is 17.7 Å². The van der Waals surface area contributed by atoms with E-state index in [0.29, 0.717) is 36.3 Å². The number of rotatable bonds is 3. The third-order valence-electron chi connectivity index (χ3n) is 8.82. The average molecular weight is 522 g/mol. The van der Waals surface area contributed by atoms with Gasteiger partial charge in [0.25, 0.3) is 0 Å². The molecule has 2 bridgehead atoms. The first kappa shape index (κ1) is 25.5. The van der Waals surface area contributed by atoms with E-state index < -0.39 is 20.7 Å². The molecule has 0 aromatic heterocycles. The van der Waals surface area contributed by atoms with Gasteiger partial charge in [-0.3, -0.25) is 4.79 Å². The number of allylic oxidation sites excluding steroid dienone is 1. The van der Waals surface area contributed by atoms with Gasteiger partial charge in [0.15, 0.2) is 9.84 Å². The van der Waals surface area contributed by atoms with Crippen molar-refractivity contribution < 1.29 is 17.6 Å². The molecule has 0 N–H and O–H groups in total. The van der Waals surface area contributed by atoms with Gasteiger partial charge >= 0.3 is 0 Å². The van der Waals surface area contributed by atoms with Crippen LogP contribution >= 0.6 is 0 Å². The number of anilines is 1. The number of halogens is 1. The Hall–Kier alpha value is -3.13. The molecule has 2 unspecified atom stereocenters. The van der Waals surface area contributed by atoms with Crippen LogP contribution in [0.3, 0.4) is 0 Å². The van der Waals surface area contributed by atoms with Crippen LogP contribution in [0.2, 0.25) is 0 Å². The Balaban J connectivity index is 1.58. The lowest BCUT2D eigenvalue weighted by atomic mass is 9.60. The highest BCUT2D eigenvalue weighted by Gasteiger charge is 2.63. The Morgan fingerprint density at radius 2 is 1.89 bits per heavy atom.